The quantitative estimate of drug-likeness (QED) is 0.857. The molecule has 0 unspecified atom stereocenters. The zero-order valence-corrected chi connectivity index (χ0v) is 11.9. The van der Waals surface area contributed by atoms with Crippen LogP contribution in [0.3, 0.4) is 0 Å². The fourth-order valence-electron chi connectivity index (χ4n) is 2.61. The monoisotopic (exact) mass is 256 g/mol. The number of aromatic carboxylic acids is 1. The Morgan fingerprint density at radius 3 is 2.05 bits per heavy atom. The summed E-state index contributed by atoms with van der Waals surface area (Å²) in [5.41, 5.74) is 2.84. The van der Waals surface area contributed by atoms with Crippen molar-refractivity contribution in [3.63, 3.8) is 0 Å². The minimum absolute atomic E-state index is 0.380. The second-order valence-corrected chi connectivity index (χ2v) is 5.59. The van der Waals surface area contributed by atoms with Crippen molar-refractivity contribution in [2.45, 2.75) is 39.5 Å². The van der Waals surface area contributed by atoms with Crippen molar-refractivity contribution < 1.29 is 9.90 Å². The Morgan fingerprint density at radius 2 is 1.53 bits per heavy atom. The zero-order chi connectivity index (χ0) is 14.2. The molecule has 2 nitrogen and oxygen atoms in total. The molecule has 0 aliphatic carbocycles. The van der Waals surface area contributed by atoms with Crippen LogP contribution in [0.4, 0.5) is 0 Å². The van der Waals surface area contributed by atoms with Crippen LogP contribution in [0.25, 0.3) is 10.8 Å². The summed E-state index contributed by atoms with van der Waals surface area (Å²) < 4.78 is 0. The van der Waals surface area contributed by atoms with Crippen molar-refractivity contribution in [2.24, 2.45) is 0 Å². The summed E-state index contributed by atoms with van der Waals surface area (Å²) in [6.45, 7) is 8.58. The molecule has 0 saturated heterocycles. The van der Waals surface area contributed by atoms with Crippen LogP contribution in [-0.2, 0) is 0 Å². The second-order valence-electron chi connectivity index (χ2n) is 5.59. The largest absolute Gasteiger partial charge is 0.478 e. The molecule has 19 heavy (non-hydrogen) atoms. The van der Waals surface area contributed by atoms with Gasteiger partial charge in [-0.2, -0.15) is 0 Å². The van der Waals surface area contributed by atoms with E-state index in [1.165, 1.54) is 11.1 Å². The van der Waals surface area contributed by atoms with E-state index in [2.05, 4.69) is 33.8 Å². The smallest absolute Gasteiger partial charge is 0.336 e. The van der Waals surface area contributed by atoms with Gasteiger partial charge in [0.05, 0.1) is 5.56 Å². The van der Waals surface area contributed by atoms with E-state index in [1.54, 1.807) is 6.07 Å². The molecule has 0 radical (unpaired) electrons. The van der Waals surface area contributed by atoms with Gasteiger partial charge in [-0.15, -0.1) is 0 Å². The summed E-state index contributed by atoms with van der Waals surface area (Å²) in [7, 11) is 0. The van der Waals surface area contributed by atoms with Crippen LogP contribution in [0.1, 0.15) is 61.0 Å². The molecule has 0 heterocycles. The number of benzene rings is 2. The summed E-state index contributed by atoms with van der Waals surface area (Å²) in [5, 5.41) is 11.3. The molecule has 0 aliphatic rings. The highest BCUT2D eigenvalue weighted by molar-refractivity contribution is 6.06. The molecule has 2 aromatic rings. The predicted molar refractivity (Wildman–Crippen MR) is 79.1 cm³/mol. The van der Waals surface area contributed by atoms with Crippen LogP contribution in [0.2, 0.25) is 0 Å². The third-order valence-electron chi connectivity index (χ3n) is 3.58. The SMILES string of the molecule is CC(C)c1cccc2c(C(=O)O)ccc(C(C)C)c12. The topological polar surface area (TPSA) is 37.3 Å². The fraction of sp³-hybridized carbons (Fsp3) is 0.353. The number of carbonyl (C=O) groups is 1. The Bertz CT molecular complexity index is 610. The van der Waals surface area contributed by atoms with Crippen LogP contribution in [0.5, 0.6) is 0 Å². The van der Waals surface area contributed by atoms with Gasteiger partial charge in [0.1, 0.15) is 0 Å². The number of fused-ring (bicyclic) bond motifs is 1. The summed E-state index contributed by atoms with van der Waals surface area (Å²) in [5.74, 6) is -0.100. The van der Waals surface area contributed by atoms with E-state index in [-0.39, 0.29) is 0 Å². The van der Waals surface area contributed by atoms with E-state index < -0.39 is 5.97 Å². The van der Waals surface area contributed by atoms with Crippen LogP contribution in [0.15, 0.2) is 30.3 Å². The molecule has 2 aromatic carbocycles. The van der Waals surface area contributed by atoms with Gasteiger partial charge in [-0.3, -0.25) is 0 Å². The Labute approximate surface area is 114 Å². The van der Waals surface area contributed by atoms with Crippen molar-refractivity contribution >= 4 is 16.7 Å². The van der Waals surface area contributed by atoms with Gasteiger partial charge < -0.3 is 5.11 Å². The van der Waals surface area contributed by atoms with E-state index >= 15 is 0 Å². The normalized spacial score (nSPS) is 11.5. The molecule has 0 spiro atoms. The molecular formula is C17H20O2. The van der Waals surface area contributed by atoms with E-state index in [0.717, 1.165) is 10.8 Å². The minimum Gasteiger partial charge on any atom is -0.478 e. The molecule has 0 bridgehead atoms. The third kappa shape index (κ3) is 2.35. The molecule has 0 saturated carbocycles. The van der Waals surface area contributed by atoms with Gasteiger partial charge in [0.2, 0.25) is 0 Å². The van der Waals surface area contributed by atoms with E-state index in [4.69, 9.17) is 0 Å². The van der Waals surface area contributed by atoms with Crippen LogP contribution in [-0.4, -0.2) is 11.1 Å². The van der Waals surface area contributed by atoms with Crippen molar-refractivity contribution in [3.05, 3.63) is 47.0 Å². The molecule has 0 fully saturated rings. The highest BCUT2D eigenvalue weighted by atomic mass is 16.4. The molecular weight excluding hydrogens is 236 g/mol. The molecule has 1 N–H and O–H groups in total. The maximum absolute atomic E-state index is 11.4. The molecule has 2 heteroatoms. The first-order chi connectivity index (χ1) is 8.93. The average Bonchev–Trinajstić information content (AvgIpc) is 2.35. The lowest BCUT2D eigenvalue weighted by molar-refractivity contribution is 0.0699. The van der Waals surface area contributed by atoms with Gasteiger partial charge in [-0.25, -0.2) is 4.79 Å². The number of hydrogen-bond acceptors (Lipinski definition) is 1. The van der Waals surface area contributed by atoms with Crippen LogP contribution >= 0.6 is 0 Å². The Kier molecular flexibility index (Phi) is 3.61. The molecule has 0 amide bonds. The van der Waals surface area contributed by atoms with Gasteiger partial charge in [-0.05, 0) is 39.8 Å². The summed E-state index contributed by atoms with van der Waals surface area (Å²) in [6, 6.07) is 9.65. The van der Waals surface area contributed by atoms with E-state index in [9.17, 15) is 9.90 Å². The maximum Gasteiger partial charge on any atom is 0.336 e. The van der Waals surface area contributed by atoms with Gasteiger partial charge >= 0.3 is 5.97 Å². The number of hydrogen-bond donors (Lipinski definition) is 1. The Morgan fingerprint density at radius 1 is 0.947 bits per heavy atom. The highest BCUT2D eigenvalue weighted by Crippen LogP contribution is 2.34. The summed E-state index contributed by atoms with van der Waals surface area (Å²) in [4.78, 5) is 11.4. The standard InChI is InChI=1S/C17H20O2/c1-10(2)12-6-5-7-14-15(17(18)19)9-8-13(11(3)4)16(12)14/h5-11H,1-4H3,(H,18,19). The Balaban J connectivity index is 2.93. The maximum atomic E-state index is 11.4. The number of carboxylic acid groups (broad SMARTS) is 1. The molecule has 2 rings (SSSR count). The predicted octanol–water partition coefficient (Wildman–Crippen LogP) is 4.78. The van der Waals surface area contributed by atoms with Gasteiger partial charge in [0.15, 0.2) is 0 Å². The van der Waals surface area contributed by atoms with Gasteiger partial charge in [0.25, 0.3) is 0 Å². The lowest BCUT2D eigenvalue weighted by Crippen LogP contribution is -2.02. The number of rotatable bonds is 3. The van der Waals surface area contributed by atoms with Gasteiger partial charge in [-0.1, -0.05) is 52.0 Å². The average molecular weight is 256 g/mol. The van der Waals surface area contributed by atoms with E-state index in [1.807, 2.05) is 18.2 Å². The van der Waals surface area contributed by atoms with Crippen LogP contribution < -0.4 is 0 Å². The molecule has 0 aliphatic heterocycles. The van der Waals surface area contributed by atoms with Crippen LogP contribution in [0, 0.1) is 0 Å². The summed E-state index contributed by atoms with van der Waals surface area (Å²) in [6.07, 6.45) is 0. The molecule has 0 atom stereocenters. The number of carboxylic acids is 1. The Hall–Kier alpha value is -1.83. The third-order valence-corrected chi connectivity index (χ3v) is 3.58. The fourth-order valence-corrected chi connectivity index (χ4v) is 2.61. The summed E-state index contributed by atoms with van der Waals surface area (Å²) >= 11 is 0. The van der Waals surface area contributed by atoms with Crippen molar-refractivity contribution in [1.29, 1.82) is 0 Å². The first-order valence-electron chi connectivity index (χ1n) is 6.72. The molecule has 0 aromatic heterocycles. The first kappa shape index (κ1) is 13.6. The van der Waals surface area contributed by atoms with Crippen molar-refractivity contribution in [1.82, 2.24) is 0 Å². The second kappa shape index (κ2) is 5.04. The van der Waals surface area contributed by atoms with E-state index in [0.29, 0.717) is 17.4 Å². The lowest BCUT2D eigenvalue weighted by Gasteiger charge is -2.17. The zero-order valence-electron chi connectivity index (χ0n) is 11.9. The minimum atomic E-state index is -0.860. The van der Waals surface area contributed by atoms with Crippen molar-refractivity contribution in [3.8, 4) is 0 Å². The lowest BCUT2D eigenvalue weighted by atomic mass is 9.87. The molecule has 100 valence electrons. The highest BCUT2D eigenvalue weighted by Gasteiger charge is 2.16. The van der Waals surface area contributed by atoms with Crippen molar-refractivity contribution in [2.75, 3.05) is 0 Å². The first-order valence-corrected chi connectivity index (χ1v) is 6.72. The van der Waals surface area contributed by atoms with Gasteiger partial charge in [0, 0.05) is 0 Å².